The maximum absolute atomic E-state index is 12.2. The highest BCUT2D eigenvalue weighted by molar-refractivity contribution is 6.02. The molecule has 0 radical (unpaired) electrons. The Balaban J connectivity index is 1.87. The van der Waals surface area contributed by atoms with Crippen molar-refractivity contribution in [2.24, 2.45) is 4.99 Å². The van der Waals surface area contributed by atoms with Crippen molar-refractivity contribution in [3.63, 3.8) is 0 Å². The van der Waals surface area contributed by atoms with Crippen molar-refractivity contribution in [1.29, 1.82) is 0 Å². The molecule has 6 nitrogen and oxygen atoms in total. The molecule has 3 rings (SSSR count). The molecule has 2 heterocycles. The molecule has 1 aromatic carbocycles. The van der Waals surface area contributed by atoms with Crippen LogP contribution in [0.5, 0.6) is 5.75 Å². The zero-order valence-electron chi connectivity index (χ0n) is 13.1. The second-order valence-electron chi connectivity index (χ2n) is 5.12. The van der Waals surface area contributed by atoms with Gasteiger partial charge in [0, 0.05) is 19.0 Å². The molecule has 0 bridgehead atoms. The minimum atomic E-state index is -0.0490. The van der Waals surface area contributed by atoms with Gasteiger partial charge in [0.05, 0.1) is 7.11 Å². The molecule has 1 aliphatic heterocycles. The Kier molecular flexibility index (Phi) is 4.23. The molecule has 0 saturated heterocycles. The number of hydrazine groups is 1. The van der Waals surface area contributed by atoms with E-state index in [4.69, 9.17) is 4.74 Å². The summed E-state index contributed by atoms with van der Waals surface area (Å²) in [4.78, 5) is 21.0. The maximum atomic E-state index is 12.2. The van der Waals surface area contributed by atoms with Crippen LogP contribution in [0.3, 0.4) is 0 Å². The zero-order valence-corrected chi connectivity index (χ0v) is 13.1. The standard InChI is InChI=1S/C17H18N4O2/c1-3-16(22)21-17-14(5-4-10-18-17)19-15(20-21)11-12-6-8-13(23-2)9-7-12/h4-10H,3,11H2,1-2H3,(H,19,20). The highest BCUT2D eigenvalue weighted by atomic mass is 16.5. The number of nitrogens with zero attached hydrogens (tertiary/aromatic N) is 3. The van der Waals surface area contributed by atoms with Crippen LogP contribution in [0.25, 0.3) is 0 Å². The number of aliphatic imine (C=N–C) groups is 1. The summed E-state index contributed by atoms with van der Waals surface area (Å²) in [6.45, 7) is 1.82. The number of carbonyl (C=O) groups excluding carboxylic acids is 1. The second kappa shape index (κ2) is 6.48. The van der Waals surface area contributed by atoms with Crippen molar-refractivity contribution < 1.29 is 9.53 Å². The van der Waals surface area contributed by atoms with Crippen LogP contribution < -0.4 is 15.2 Å². The summed E-state index contributed by atoms with van der Waals surface area (Å²) >= 11 is 0. The summed E-state index contributed by atoms with van der Waals surface area (Å²) in [5, 5.41) is 1.47. The lowest BCUT2D eigenvalue weighted by Crippen LogP contribution is -2.49. The normalized spacial score (nSPS) is 13.0. The maximum Gasteiger partial charge on any atom is 0.246 e. The molecular formula is C17H18N4O2. The van der Waals surface area contributed by atoms with Crippen LogP contribution in [0.2, 0.25) is 0 Å². The zero-order chi connectivity index (χ0) is 16.2. The van der Waals surface area contributed by atoms with E-state index in [-0.39, 0.29) is 5.91 Å². The number of anilines is 1. The van der Waals surface area contributed by atoms with Crippen molar-refractivity contribution in [3.8, 4) is 5.75 Å². The Morgan fingerprint density at radius 2 is 2.04 bits per heavy atom. The quantitative estimate of drug-likeness (QED) is 0.942. The molecule has 0 fully saturated rings. The molecular weight excluding hydrogens is 292 g/mol. The van der Waals surface area contributed by atoms with E-state index in [1.807, 2.05) is 43.3 Å². The fourth-order valence-electron chi connectivity index (χ4n) is 2.35. The lowest BCUT2D eigenvalue weighted by atomic mass is 10.1. The Bertz CT molecular complexity index is 741. The highest BCUT2D eigenvalue weighted by Gasteiger charge is 2.24. The van der Waals surface area contributed by atoms with Gasteiger partial charge in [-0.25, -0.2) is 15.0 Å². The minimum Gasteiger partial charge on any atom is -0.497 e. The average Bonchev–Trinajstić information content (AvgIpc) is 2.61. The number of ether oxygens (including phenoxy) is 1. The number of fused-ring (bicyclic) bond motifs is 1. The van der Waals surface area contributed by atoms with Gasteiger partial charge in [0.1, 0.15) is 17.3 Å². The van der Waals surface area contributed by atoms with Crippen molar-refractivity contribution in [2.75, 3.05) is 12.1 Å². The molecule has 1 N–H and O–H groups in total. The van der Waals surface area contributed by atoms with E-state index in [1.54, 1.807) is 13.3 Å². The third-order valence-electron chi connectivity index (χ3n) is 3.56. The number of nitrogens with one attached hydrogen (secondary N) is 1. The molecule has 1 aromatic heterocycles. The Morgan fingerprint density at radius 1 is 1.26 bits per heavy atom. The van der Waals surface area contributed by atoms with Gasteiger partial charge in [-0.3, -0.25) is 10.2 Å². The van der Waals surface area contributed by atoms with Crippen LogP contribution in [-0.2, 0) is 11.2 Å². The van der Waals surface area contributed by atoms with E-state index >= 15 is 0 Å². The molecule has 0 saturated carbocycles. The first-order valence-electron chi connectivity index (χ1n) is 7.46. The number of rotatable bonds is 4. The number of amides is 1. The van der Waals surface area contributed by atoms with Gasteiger partial charge in [0.15, 0.2) is 5.82 Å². The van der Waals surface area contributed by atoms with E-state index in [2.05, 4.69) is 15.4 Å². The first-order chi connectivity index (χ1) is 11.2. The molecule has 6 heteroatoms. The molecule has 0 atom stereocenters. The van der Waals surface area contributed by atoms with E-state index in [0.29, 0.717) is 30.2 Å². The Hall–Kier alpha value is -2.89. The van der Waals surface area contributed by atoms with Gasteiger partial charge in [0.25, 0.3) is 0 Å². The smallest absolute Gasteiger partial charge is 0.246 e. The van der Waals surface area contributed by atoms with Crippen LogP contribution in [0, 0.1) is 0 Å². The summed E-state index contributed by atoms with van der Waals surface area (Å²) < 4.78 is 5.16. The monoisotopic (exact) mass is 310 g/mol. The fraction of sp³-hybridized carbons (Fsp3) is 0.235. The molecule has 2 aromatic rings. The van der Waals surface area contributed by atoms with Crippen molar-refractivity contribution in [3.05, 3.63) is 48.2 Å². The van der Waals surface area contributed by atoms with Crippen LogP contribution in [0.4, 0.5) is 11.5 Å². The number of methoxy groups -OCH3 is 1. The molecule has 23 heavy (non-hydrogen) atoms. The van der Waals surface area contributed by atoms with E-state index in [9.17, 15) is 4.79 Å². The SMILES string of the molecule is CCC(=O)N1NC(Cc2ccc(OC)cc2)=Nc2cccnc21. The summed E-state index contributed by atoms with van der Waals surface area (Å²) in [6.07, 6.45) is 2.63. The average molecular weight is 310 g/mol. The number of hydrogen-bond acceptors (Lipinski definition) is 5. The molecule has 118 valence electrons. The van der Waals surface area contributed by atoms with Gasteiger partial charge < -0.3 is 4.74 Å². The van der Waals surface area contributed by atoms with E-state index in [1.165, 1.54) is 5.01 Å². The van der Waals surface area contributed by atoms with Gasteiger partial charge in [-0.2, -0.15) is 0 Å². The molecule has 1 amide bonds. The largest absolute Gasteiger partial charge is 0.497 e. The minimum absolute atomic E-state index is 0.0490. The van der Waals surface area contributed by atoms with Gasteiger partial charge in [-0.1, -0.05) is 19.1 Å². The molecule has 0 unspecified atom stereocenters. The topological polar surface area (TPSA) is 66.8 Å². The number of carbonyl (C=O) groups is 1. The molecule has 1 aliphatic rings. The lowest BCUT2D eigenvalue weighted by molar-refractivity contribution is -0.118. The van der Waals surface area contributed by atoms with Crippen LogP contribution in [-0.4, -0.2) is 23.8 Å². The van der Waals surface area contributed by atoms with E-state index < -0.39 is 0 Å². The third-order valence-corrected chi connectivity index (χ3v) is 3.56. The summed E-state index contributed by atoms with van der Waals surface area (Å²) in [7, 11) is 1.64. The summed E-state index contributed by atoms with van der Waals surface area (Å²) in [5.74, 6) is 2.01. The van der Waals surface area contributed by atoms with Crippen molar-refractivity contribution in [2.45, 2.75) is 19.8 Å². The number of amidine groups is 1. The van der Waals surface area contributed by atoms with Crippen LogP contribution in [0.1, 0.15) is 18.9 Å². The van der Waals surface area contributed by atoms with E-state index in [0.717, 1.165) is 11.3 Å². The second-order valence-corrected chi connectivity index (χ2v) is 5.12. The predicted octanol–water partition coefficient (Wildman–Crippen LogP) is 2.62. The summed E-state index contributed by atoms with van der Waals surface area (Å²) in [6, 6.07) is 11.4. The third kappa shape index (κ3) is 3.15. The fourth-order valence-corrected chi connectivity index (χ4v) is 2.35. The number of hydrogen-bond donors (Lipinski definition) is 1. The van der Waals surface area contributed by atoms with Gasteiger partial charge in [-0.15, -0.1) is 0 Å². The van der Waals surface area contributed by atoms with Gasteiger partial charge in [-0.05, 0) is 29.8 Å². The molecule has 0 aliphatic carbocycles. The number of aromatic nitrogens is 1. The highest BCUT2D eigenvalue weighted by Crippen LogP contribution is 2.28. The van der Waals surface area contributed by atoms with Crippen molar-refractivity contribution in [1.82, 2.24) is 10.4 Å². The first-order valence-corrected chi connectivity index (χ1v) is 7.46. The van der Waals surface area contributed by atoms with Gasteiger partial charge >= 0.3 is 0 Å². The van der Waals surface area contributed by atoms with Crippen LogP contribution >= 0.6 is 0 Å². The predicted molar refractivity (Wildman–Crippen MR) is 88.9 cm³/mol. The van der Waals surface area contributed by atoms with Gasteiger partial charge in [0.2, 0.25) is 5.91 Å². The molecule has 0 spiro atoms. The van der Waals surface area contributed by atoms with Crippen molar-refractivity contribution >= 4 is 23.2 Å². The lowest BCUT2D eigenvalue weighted by Gasteiger charge is -2.28. The summed E-state index contributed by atoms with van der Waals surface area (Å²) in [5.41, 5.74) is 4.85. The Morgan fingerprint density at radius 3 is 2.74 bits per heavy atom. The first kappa shape index (κ1) is 15.0. The number of benzene rings is 1. The van der Waals surface area contributed by atoms with Crippen LogP contribution in [0.15, 0.2) is 47.6 Å². The number of pyridine rings is 1. The Labute approximate surface area is 134 Å².